The molecule has 1 heterocycles. The van der Waals surface area contributed by atoms with Gasteiger partial charge >= 0.3 is 0 Å². The smallest absolute Gasteiger partial charge is 0.165 e. The standard InChI is InChI=1S/C13H23N5O/c1-2-4-12(5-3-1)19-9-8-18-13(15-16-17-18)10-14-11-6-7-11/h11-12,14H,1-10H2. The minimum absolute atomic E-state index is 0.457. The number of rotatable bonds is 7. The molecule has 0 amide bonds. The zero-order valence-electron chi connectivity index (χ0n) is 11.4. The first-order valence-corrected chi connectivity index (χ1v) is 7.52. The van der Waals surface area contributed by atoms with Crippen molar-refractivity contribution in [2.45, 2.75) is 70.2 Å². The maximum atomic E-state index is 5.91. The summed E-state index contributed by atoms with van der Waals surface area (Å²) in [5.74, 6) is 0.916. The molecule has 0 bridgehead atoms. The molecule has 2 aliphatic rings. The highest BCUT2D eigenvalue weighted by Gasteiger charge is 2.21. The number of ether oxygens (including phenoxy) is 1. The van der Waals surface area contributed by atoms with Crippen molar-refractivity contribution in [3.8, 4) is 0 Å². The highest BCUT2D eigenvalue weighted by atomic mass is 16.5. The summed E-state index contributed by atoms with van der Waals surface area (Å²) in [6.07, 6.45) is 9.44. The summed E-state index contributed by atoms with van der Waals surface area (Å²) in [5, 5.41) is 15.3. The summed E-state index contributed by atoms with van der Waals surface area (Å²) < 4.78 is 7.77. The molecular weight excluding hydrogens is 242 g/mol. The van der Waals surface area contributed by atoms with Gasteiger partial charge in [0.05, 0.1) is 25.8 Å². The van der Waals surface area contributed by atoms with Crippen molar-refractivity contribution in [1.82, 2.24) is 25.5 Å². The average molecular weight is 265 g/mol. The quantitative estimate of drug-likeness (QED) is 0.804. The summed E-state index contributed by atoms with van der Waals surface area (Å²) >= 11 is 0. The molecule has 0 saturated heterocycles. The molecule has 19 heavy (non-hydrogen) atoms. The minimum atomic E-state index is 0.457. The third-order valence-corrected chi connectivity index (χ3v) is 3.94. The molecule has 2 aliphatic carbocycles. The second-order valence-corrected chi connectivity index (χ2v) is 5.60. The van der Waals surface area contributed by atoms with Crippen molar-refractivity contribution in [3.63, 3.8) is 0 Å². The first-order valence-electron chi connectivity index (χ1n) is 7.52. The van der Waals surface area contributed by atoms with Crippen LogP contribution in [0.25, 0.3) is 0 Å². The van der Waals surface area contributed by atoms with Crippen molar-refractivity contribution in [2.24, 2.45) is 0 Å². The van der Waals surface area contributed by atoms with Crippen molar-refractivity contribution in [2.75, 3.05) is 6.61 Å². The first-order chi connectivity index (χ1) is 9.42. The summed E-state index contributed by atoms with van der Waals surface area (Å²) in [7, 11) is 0. The third kappa shape index (κ3) is 3.98. The topological polar surface area (TPSA) is 64.9 Å². The lowest BCUT2D eigenvalue weighted by molar-refractivity contribution is 0.0223. The normalized spacial score (nSPS) is 20.8. The van der Waals surface area contributed by atoms with Crippen LogP contribution in [0, 0.1) is 0 Å². The van der Waals surface area contributed by atoms with E-state index in [0.29, 0.717) is 18.8 Å². The van der Waals surface area contributed by atoms with E-state index in [1.54, 1.807) is 0 Å². The zero-order valence-corrected chi connectivity index (χ0v) is 11.4. The number of nitrogens with one attached hydrogen (secondary N) is 1. The Morgan fingerprint density at radius 2 is 2.00 bits per heavy atom. The molecule has 2 fully saturated rings. The van der Waals surface area contributed by atoms with Crippen molar-refractivity contribution in [1.29, 1.82) is 0 Å². The van der Waals surface area contributed by atoms with Crippen molar-refractivity contribution >= 4 is 0 Å². The Balaban J connectivity index is 1.39. The van der Waals surface area contributed by atoms with E-state index in [2.05, 4.69) is 20.8 Å². The predicted octanol–water partition coefficient (Wildman–Crippen LogP) is 1.27. The Kier molecular flexibility index (Phi) is 4.40. The molecule has 106 valence electrons. The number of nitrogens with zero attached hydrogens (tertiary/aromatic N) is 4. The van der Waals surface area contributed by atoms with Crippen LogP contribution in [0.5, 0.6) is 0 Å². The van der Waals surface area contributed by atoms with Crippen molar-refractivity contribution in [3.05, 3.63) is 5.82 Å². The van der Waals surface area contributed by atoms with Gasteiger partial charge in [-0.3, -0.25) is 0 Å². The van der Waals surface area contributed by atoms with Crippen LogP contribution in [0.4, 0.5) is 0 Å². The van der Waals surface area contributed by atoms with Gasteiger partial charge in [0.15, 0.2) is 5.82 Å². The molecule has 0 unspecified atom stereocenters. The third-order valence-electron chi connectivity index (χ3n) is 3.94. The van der Waals surface area contributed by atoms with Gasteiger partial charge in [0.1, 0.15) is 0 Å². The molecule has 1 aromatic heterocycles. The van der Waals surface area contributed by atoms with Crippen LogP contribution in [0.15, 0.2) is 0 Å². The summed E-state index contributed by atoms with van der Waals surface area (Å²) in [5.41, 5.74) is 0. The molecule has 0 aliphatic heterocycles. The van der Waals surface area contributed by atoms with Gasteiger partial charge in [-0.2, -0.15) is 0 Å². The van der Waals surface area contributed by atoms with E-state index >= 15 is 0 Å². The fraction of sp³-hybridized carbons (Fsp3) is 0.923. The molecule has 0 aromatic carbocycles. The lowest BCUT2D eigenvalue weighted by Gasteiger charge is -2.21. The van der Waals surface area contributed by atoms with Gasteiger partial charge in [0, 0.05) is 6.04 Å². The van der Waals surface area contributed by atoms with E-state index in [9.17, 15) is 0 Å². The van der Waals surface area contributed by atoms with Gasteiger partial charge < -0.3 is 10.1 Å². The van der Waals surface area contributed by atoms with E-state index in [4.69, 9.17) is 4.74 Å². The number of hydrogen-bond donors (Lipinski definition) is 1. The molecule has 1 N–H and O–H groups in total. The molecular formula is C13H23N5O. The van der Waals surface area contributed by atoms with Crippen LogP contribution >= 0.6 is 0 Å². The highest BCUT2D eigenvalue weighted by molar-refractivity contribution is 4.86. The van der Waals surface area contributed by atoms with Crippen LogP contribution in [-0.4, -0.2) is 39.0 Å². The maximum Gasteiger partial charge on any atom is 0.165 e. The zero-order chi connectivity index (χ0) is 12.9. The van der Waals surface area contributed by atoms with Crippen LogP contribution in [-0.2, 0) is 17.8 Å². The molecule has 6 heteroatoms. The first kappa shape index (κ1) is 13.0. The van der Waals surface area contributed by atoms with Gasteiger partial charge in [-0.25, -0.2) is 4.68 Å². The Hall–Kier alpha value is -1.01. The number of tetrazole rings is 1. The van der Waals surface area contributed by atoms with Gasteiger partial charge in [0.2, 0.25) is 0 Å². The van der Waals surface area contributed by atoms with Crippen LogP contribution in [0.3, 0.4) is 0 Å². The van der Waals surface area contributed by atoms with Crippen molar-refractivity contribution < 1.29 is 4.74 Å². The molecule has 0 spiro atoms. The van der Waals surface area contributed by atoms with E-state index in [1.165, 1.54) is 44.9 Å². The predicted molar refractivity (Wildman–Crippen MR) is 70.5 cm³/mol. The van der Waals surface area contributed by atoms with E-state index in [0.717, 1.165) is 18.9 Å². The van der Waals surface area contributed by atoms with E-state index in [-0.39, 0.29) is 0 Å². The maximum absolute atomic E-state index is 5.91. The molecule has 0 atom stereocenters. The number of aromatic nitrogens is 4. The largest absolute Gasteiger partial charge is 0.376 e. The Morgan fingerprint density at radius 3 is 2.79 bits per heavy atom. The monoisotopic (exact) mass is 265 g/mol. The fourth-order valence-corrected chi connectivity index (χ4v) is 2.58. The lowest BCUT2D eigenvalue weighted by Crippen LogP contribution is -2.22. The second kappa shape index (κ2) is 6.43. The molecule has 6 nitrogen and oxygen atoms in total. The lowest BCUT2D eigenvalue weighted by atomic mass is 9.98. The highest BCUT2D eigenvalue weighted by Crippen LogP contribution is 2.20. The number of hydrogen-bond acceptors (Lipinski definition) is 5. The summed E-state index contributed by atoms with van der Waals surface area (Å²) in [6.45, 7) is 2.23. The minimum Gasteiger partial charge on any atom is -0.376 e. The molecule has 1 aromatic rings. The van der Waals surface area contributed by atoms with E-state index < -0.39 is 0 Å². The second-order valence-electron chi connectivity index (χ2n) is 5.60. The Bertz CT molecular complexity index is 384. The molecule has 2 saturated carbocycles. The van der Waals surface area contributed by atoms with Gasteiger partial charge in [-0.1, -0.05) is 19.3 Å². The van der Waals surface area contributed by atoms with Crippen LogP contribution in [0.1, 0.15) is 50.8 Å². The summed E-state index contributed by atoms with van der Waals surface area (Å²) in [4.78, 5) is 0. The fourth-order valence-electron chi connectivity index (χ4n) is 2.58. The molecule has 3 rings (SSSR count). The Labute approximate surface area is 113 Å². The van der Waals surface area contributed by atoms with Crippen LogP contribution < -0.4 is 5.32 Å². The molecule has 0 radical (unpaired) electrons. The van der Waals surface area contributed by atoms with E-state index in [1.807, 2.05) is 4.68 Å². The average Bonchev–Trinajstić information content (AvgIpc) is 3.17. The summed E-state index contributed by atoms with van der Waals surface area (Å²) in [6, 6.07) is 0.684. The van der Waals surface area contributed by atoms with Gasteiger partial charge in [0.25, 0.3) is 0 Å². The van der Waals surface area contributed by atoms with Gasteiger partial charge in [-0.05, 0) is 36.1 Å². The van der Waals surface area contributed by atoms with Crippen LogP contribution in [0.2, 0.25) is 0 Å². The SMILES string of the molecule is C1CCC(OCCn2nnnc2CNC2CC2)CC1. The van der Waals surface area contributed by atoms with Gasteiger partial charge in [-0.15, -0.1) is 5.10 Å². The Morgan fingerprint density at radius 1 is 1.16 bits per heavy atom.